The van der Waals surface area contributed by atoms with Crippen molar-refractivity contribution in [2.45, 2.75) is 13.1 Å². The number of nitrogens with zero attached hydrogens (tertiary/aromatic N) is 1. The fraction of sp³-hybridized carbons (Fsp3) is 0.667. The third-order valence-corrected chi connectivity index (χ3v) is 1.54. The standard InChI is InChI=1S/C6H12N2.ClH/c1-3-8-5-4-7-6(8)2;/h3,6-7H,1,4-5H2,2H3;1H. The van der Waals surface area contributed by atoms with Crippen LogP contribution in [0, 0.1) is 0 Å². The van der Waals surface area contributed by atoms with Gasteiger partial charge in [-0.15, -0.1) is 12.4 Å². The first-order valence-electron chi connectivity index (χ1n) is 2.96. The molecule has 1 heterocycles. The zero-order valence-electron chi connectivity index (χ0n) is 5.63. The van der Waals surface area contributed by atoms with Crippen molar-refractivity contribution in [3.63, 3.8) is 0 Å². The first-order valence-corrected chi connectivity index (χ1v) is 2.96. The van der Waals surface area contributed by atoms with Crippen molar-refractivity contribution in [1.82, 2.24) is 10.2 Å². The van der Waals surface area contributed by atoms with E-state index in [0.717, 1.165) is 13.1 Å². The molecule has 0 saturated carbocycles. The molecule has 0 radical (unpaired) electrons. The van der Waals surface area contributed by atoms with E-state index in [1.807, 2.05) is 6.20 Å². The van der Waals surface area contributed by atoms with E-state index in [1.54, 1.807) is 0 Å². The van der Waals surface area contributed by atoms with Crippen LogP contribution in [0.5, 0.6) is 0 Å². The van der Waals surface area contributed by atoms with Gasteiger partial charge in [-0.1, -0.05) is 6.58 Å². The minimum Gasteiger partial charge on any atom is -0.362 e. The van der Waals surface area contributed by atoms with Crippen molar-refractivity contribution < 1.29 is 0 Å². The summed E-state index contributed by atoms with van der Waals surface area (Å²) in [4.78, 5) is 2.18. The van der Waals surface area contributed by atoms with Gasteiger partial charge in [-0.2, -0.15) is 0 Å². The summed E-state index contributed by atoms with van der Waals surface area (Å²) >= 11 is 0. The van der Waals surface area contributed by atoms with Crippen molar-refractivity contribution in [3.05, 3.63) is 12.8 Å². The minimum absolute atomic E-state index is 0. The Morgan fingerprint density at radius 3 is 2.67 bits per heavy atom. The summed E-state index contributed by atoms with van der Waals surface area (Å²) in [5.41, 5.74) is 0. The molecule has 1 fully saturated rings. The van der Waals surface area contributed by atoms with Crippen LogP contribution in [0.25, 0.3) is 0 Å². The van der Waals surface area contributed by atoms with Crippen LogP contribution in [0.1, 0.15) is 6.92 Å². The first kappa shape index (κ1) is 8.79. The van der Waals surface area contributed by atoms with Crippen LogP contribution >= 0.6 is 12.4 Å². The van der Waals surface area contributed by atoms with Crippen LogP contribution in [-0.2, 0) is 0 Å². The largest absolute Gasteiger partial charge is 0.362 e. The van der Waals surface area contributed by atoms with Crippen molar-refractivity contribution in [1.29, 1.82) is 0 Å². The maximum absolute atomic E-state index is 3.68. The second-order valence-electron chi connectivity index (χ2n) is 2.05. The van der Waals surface area contributed by atoms with E-state index in [9.17, 15) is 0 Å². The average molecular weight is 149 g/mol. The Morgan fingerprint density at radius 2 is 2.44 bits per heavy atom. The molecule has 2 nitrogen and oxygen atoms in total. The van der Waals surface area contributed by atoms with Gasteiger partial charge in [-0.3, -0.25) is 5.32 Å². The van der Waals surface area contributed by atoms with E-state index in [2.05, 4.69) is 23.7 Å². The molecule has 3 heteroatoms. The van der Waals surface area contributed by atoms with Gasteiger partial charge < -0.3 is 4.90 Å². The molecular formula is C6H13ClN2. The van der Waals surface area contributed by atoms with Crippen LogP contribution in [0.15, 0.2) is 12.8 Å². The monoisotopic (exact) mass is 148 g/mol. The van der Waals surface area contributed by atoms with Crippen LogP contribution in [-0.4, -0.2) is 24.2 Å². The number of nitrogens with one attached hydrogen (secondary N) is 1. The SMILES string of the molecule is C=CN1CCNC1C.Cl. The van der Waals surface area contributed by atoms with Gasteiger partial charge >= 0.3 is 0 Å². The molecular weight excluding hydrogens is 136 g/mol. The molecule has 0 aromatic heterocycles. The molecule has 1 atom stereocenters. The highest BCUT2D eigenvalue weighted by atomic mass is 35.5. The highest BCUT2D eigenvalue weighted by Crippen LogP contribution is 2.00. The fourth-order valence-electron chi connectivity index (χ4n) is 0.963. The number of hydrogen-bond donors (Lipinski definition) is 1. The van der Waals surface area contributed by atoms with E-state index in [1.165, 1.54) is 0 Å². The third kappa shape index (κ3) is 1.88. The van der Waals surface area contributed by atoms with Crippen molar-refractivity contribution in [2.75, 3.05) is 13.1 Å². The Labute approximate surface area is 62.3 Å². The molecule has 1 aliphatic heterocycles. The van der Waals surface area contributed by atoms with Crippen molar-refractivity contribution in [2.24, 2.45) is 0 Å². The predicted octanol–water partition coefficient (Wildman–Crippen LogP) is 0.803. The molecule has 9 heavy (non-hydrogen) atoms. The maximum atomic E-state index is 3.68. The molecule has 1 aliphatic rings. The lowest BCUT2D eigenvalue weighted by molar-refractivity contribution is 0.355. The molecule has 0 aromatic rings. The Hall–Kier alpha value is -0.210. The Kier molecular flexibility index (Phi) is 3.66. The molecule has 0 aromatic carbocycles. The van der Waals surface area contributed by atoms with Gasteiger partial charge in [-0.25, -0.2) is 0 Å². The Balaban J connectivity index is 0.000000640. The average Bonchev–Trinajstić information content (AvgIpc) is 2.14. The molecule has 54 valence electrons. The molecule has 1 saturated heterocycles. The van der Waals surface area contributed by atoms with Gasteiger partial charge in [0.15, 0.2) is 0 Å². The fourth-order valence-corrected chi connectivity index (χ4v) is 0.963. The second-order valence-corrected chi connectivity index (χ2v) is 2.05. The molecule has 0 amide bonds. The van der Waals surface area contributed by atoms with Crippen molar-refractivity contribution >= 4 is 12.4 Å². The summed E-state index contributed by atoms with van der Waals surface area (Å²) in [7, 11) is 0. The highest BCUT2D eigenvalue weighted by molar-refractivity contribution is 5.85. The zero-order chi connectivity index (χ0) is 5.98. The first-order chi connectivity index (χ1) is 3.84. The quantitative estimate of drug-likeness (QED) is 0.592. The van der Waals surface area contributed by atoms with E-state index >= 15 is 0 Å². The topological polar surface area (TPSA) is 15.3 Å². The van der Waals surface area contributed by atoms with Gasteiger partial charge in [0.2, 0.25) is 0 Å². The van der Waals surface area contributed by atoms with E-state index in [0.29, 0.717) is 6.17 Å². The van der Waals surface area contributed by atoms with E-state index in [-0.39, 0.29) is 12.4 Å². The lowest BCUT2D eigenvalue weighted by Gasteiger charge is -2.16. The second kappa shape index (κ2) is 3.75. The minimum atomic E-state index is 0. The summed E-state index contributed by atoms with van der Waals surface area (Å²) in [5, 5.41) is 3.28. The third-order valence-electron chi connectivity index (χ3n) is 1.54. The van der Waals surface area contributed by atoms with E-state index in [4.69, 9.17) is 0 Å². The van der Waals surface area contributed by atoms with Crippen LogP contribution in [0.3, 0.4) is 0 Å². The summed E-state index contributed by atoms with van der Waals surface area (Å²) in [5.74, 6) is 0. The maximum Gasteiger partial charge on any atom is 0.0762 e. The summed E-state index contributed by atoms with van der Waals surface area (Å²) in [6, 6.07) is 0. The van der Waals surface area contributed by atoms with Gasteiger partial charge in [0.1, 0.15) is 0 Å². The van der Waals surface area contributed by atoms with Gasteiger partial charge in [0.05, 0.1) is 6.17 Å². The number of hydrogen-bond acceptors (Lipinski definition) is 2. The highest BCUT2D eigenvalue weighted by Gasteiger charge is 2.13. The Bertz CT molecular complexity index is 95.1. The summed E-state index contributed by atoms with van der Waals surface area (Å²) in [6.45, 7) is 8.00. The van der Waals surface area contributed by atoms with Crippen LogP contribution < -0.4 is 5.32 Å². The molecule has 1 unspecified atom stereocenters. The zero-order valence-corrected chi connectivity index (χ0v) is 6.45. The molecule has 0 spiro atoms. The Morgan fingerprint density at radius 1 is 1.78 bits per heavy atom. The number of halogens is 1. The van der Waals surface area contributed by atoms with E-state index < -0.39 is 0 Å². The van der Waals surface area contributed by atoms with Gasteiger partial charge in [0, 0.05) is 13.1 Å². The van der Waals surface area contributed by atoms with Gasteiger partial charge in [-0.05, 0) is 13.1 Å². The summed E-state index contributed by atoms with van der Waals surface area (Å²) in [6.07, 6.45) is 2.37. The van der Waals surface area contributed by atoms with Crippen LogP contribution in [0.2, 0.25) is 0 Å². The lowest BCUT2D eigenvalue weighted by atomic mass is 10.5. The molecule has 1 N–H and O–H groups in total. The van der Waals surface area contributed by atoms with Gasteiger partial charge in [0.25, 0.3) is 0 Å². The smallest absolute Gasteiger partial charge is 0.0762 e. The van der Waals surface area contributed by atoms with Crippen molar-refractivity contribution in [3.8, 4) is 0 Å². The molecule has 1 rings (SSSR count). The molecule has 0 bridgehead atoms. The van der Waals surface area contributed by atoms with Crippen LogP contribution in [0.4, 0.5) is 0 Å². The molecule has 0 aliphatic carbocycles. The normalized spacial score (nSPS) is 25.4. The lowest BCUT2D eigenvalue weighted by Crippen LogP contribution is -2.27. The summed E-state index contributed by atoms with van der Waals surface area (Å²) < 4.78 is 0. The number of rotatable bonds is 1. The predicted molar refractivity (Wildman–Crippen MR) is 41.6 cm³/mol.